The van der Waals surface area contributed by atoms with E-state index in [0.29, 0.717) is 5.54 Å². The Balaban J connectivity index is 2.19. The normalized spacial score (nSPS) is 18.3. The first-order valence-corrected chi connectivity index (χ1v) is 5.79. The Bertz CT molecular complexity index is 348. The molecule has 2 rings (SSSR count). The zero-order chi connectivity index (χ0) is 10.9. The van der Waals surface area contributed by atoms with Gasteiger partial charge in [0.25, 0.3) is 0 Å². The van der Waals surface area contributed by atoms with Gasteiger partial charge in [0.2, 0.25) is 0 Å². The van der Waals surface area contributed by atoms with Gasteiger partial charge in [-0.15, -0.1) is 0 Å². The predicted molar refractivity (Wildman–Crippen MR) is 66.1 cm³/mol. The summed E-state index contributed by atoms with van der Waals surface area (Å²) in [5, 5.41) is 3.67. The fourth-order valence-corrected chi connectivity index (χ4v) is 2.23. The summed E-state index contributed by atoms with van der Waals surface area (Å²) >= 11 is 0. The van der Waals surface area contributed by atoms with Crippen LogP contribution in [0, 0.1) is 6.92 Å². The number of hydrogen-bond donors (Lipinski definition) is 2. The lowest BCUT2D eigenvalue weighted by Gasteiger charge is -2.43. The highest BCUT2D eigenvalue weighted by molar-refractivity contribution is 5.60. The second kappa shape index (κ2) is 3.76. The van der Waals surface area contributed by atoms with Gasteiger partial charge >= 0.3 is 0 Å². The van der Waals surface area contributed by atoms with Gasteiger partial charge in [-0.3, -0.25) is 0 Å². The second-order valence-electron chi connectivity index (χ2n) is 4.69. The Morgan fingerprint density at radius 3 is 2.67 bits per heavy atom. The lowest BCUT2D eigenvalue weighted by Crippen LogP contribution is -2.44. The minimum atomic E-state index is 0.346. The van der Waals surface area contributed by atoms with Crippen molar-refractivity contribution >= 4 is 11.4 Å². The number of hydrogen-bond acceptors (Lipinski definition) is 2. The summed E-state index contributed by atoms with van der Waals surface area (Å²) < 4.78 is 0. The highest BCUT2D eigenvalue weighted by Crippen LogP contribution is 2.38. The van der Waals surface area contributed by atoms with E-state index in [2.05, 4.69) is 25.2 Å². The van der Waals surface area contributed by atoms with Crippen molar-refractivity contribution in [3.05, 3.63) is 23.8 Å². The maximum Gasteiger partial charge on any atom is 0.0394 e. The van der Waals surface area contributed by atoms with Crippen LogP contribution in [0.25, 0.3) is 0 Å². The Labute approximate surface area is 91.9 Å². The largest absolute Gasteiger partial charge is 0.399 e. The Morgan fingerprint density at radius 2 is 2.13 bits per heavy atom. The Morgan fingerprint density at radius 1 is 1.40 bits per heavy atom. The van der Waals surface area contributed by atoms with E-state index in [9.17, 15) is 0 Å². The molecule has 1 saturated carbocycles. The minimum absolute atomic E-state index is 0.346. The van der Waals surface area contributed by atoms with Gasteiger partial charge in [0.1, 0.15) is 0 Å². The molecule has 0 unspecified atom stereocenters. The molecule has 0 amide bonds. The quantitative estimate of drug-likeness (QED) is 0.741. The standard InChI is InChI=1S/C13H20N2/c1-3-13(7-4-8-13)15-12-9-11(14)6-5-10(12)2/h5-6,9,15H,3-4,7-8,14H2,1-2H3. The zero-order valence-corrected chi connectivity index (χ0v) is 9.64. The predicted octanol–water partition coefficient (Wildman–Crippen LogP) is 3.32. The molecule has 0 spiro atoms. The molecule has 2 heteroatoms. The summed E-state index contributed by atoms with van der Waals surface area (Å²) in [5.41, 5.74) is 9.48. The fourth-order valence-electron chi connectivity index (χ4n) is 2.23. The summed E-state index contributed by atoms with van der Waals surface area (Å²) in [5.74, 6) is 0. The minimum Gasteiger partial charge on any atom is -0.399 e. The molecule has 1 aliphatic rings. The second-order valence-corrected chi connectivity index (χ2v) is 4.69. The molecule has 0 atom stereocenters. The van der Waals surface area contributed by atoms with Crippen LogP contribution < -0.4 is 11.1 Å². The third-order valence-electron chi connectivity index (χ3n) is 3.65. The lowest BCUT2D eigenvalue weighted by molar-refractivity contribution is 0.269. The van der Waals surface area contributed by atoms with Crippen LogP contribution in [0.5, 0.6) is 0 Å². The van der Waals surface area contributed by atoms with Crippen LogP contribution in [0.15, 0.2) is 18.2 Å². The third-order valence-corrected chi connectivity index (χ3v) is 3.65. The number of nitrogens with two attached hydrogens (primary N) is 1. The summed E-state index contributed by atoms with van der Waals surface area (Å²) in [7, 11) is 0. The van der Waals surface area contributed by atoms with Gasteiger partial charge in [-0.2, -0.15) is 0 Å². The molecule has 1 aromatic carbocycles. The monoisotopic (exact) mass is 204 g/mol. The fraction of sp³-hybridized carbons (Fsp3) is 0.538. The molecule has 3 N–H and O–H groups in total. The van der Waals surface area contributed by atoms with Crippen LogP contribution in [-0.2, 0) is 0 Å². The van der Waals surface area contributed by atoms with Crippen LogP contribution in [-0.4, -0.2) is 5.54 Å². The van der Waals surface area contributed by atoms with Crippen molar-refractivity contribution in [2.45, 2.75) is 45.1 Å². The van der Waals surface area contributed by atoms with Gasteiger partial charge in [0.15, 0.2) is 0 Å². The van der Waals surface area contributed by atoms with E-state index in [4.69, 9.17) is 5.73 Å². The van der Waals surface area contributed by atoms with Gasteiger partial charge in [0, 0.05) is 16.9 Å². The van der Waals surface area contributed by atoms with Crippen molar-refractivity contribution in [1.29, 1.82) is 0 Å². The van der Waals surface area contributed by atoms with Crippen LogP contribution in [0.4, 0.5) is 11.4 Å². The average molecular weight is 204 g/mol. The number of benzene rings is 1. The first-order valence-electron chi connectivity index (χ1n) is 5.79. The molecule has 1 fully saturated rings. The number of nitrogens with one attached hydrogen (secondary N) is 1. The van der Waals surface area contributed by atoms with Crippen LogP contribution in [0.1, 0.15) is 38.2 Å². The maximum absolute atomic E-state index is 5.81. The van der Waals surface area contributed by atoms with E-state index in [0.717, 1.165) is 5.69 Å². The van der Waals surface area contributed by atoms with Crippen molar-refractivity contribution in [2.75, 3.05) is 11.1 Å². The van der Waals surface area contributed by atoms with E-state index >= 15 is 0 Å². The number of rotatable bonds is 3. The molecule has 15 heavy (non-hydrogen) atoms. The summed E-state index contributed by atoms with van der Waals surface area (Å²) in [6.07, 6.45) is 5.12. The van der Waals surface area contributed by atoms with Crippen LogP contribution in [0.3, 0.4) is 0 Å². The molecule has 0 aromatic heterocycles. The van der Waals surface area contributed by atoms with Crippen molar-refractivity contribution < 1.29 is 0 Å². The molecule has 1 aliphatic carbocycles. The molecule has 0 bridgehead atoms. The lowest BCUT2D eigenvalue weighted by atomic mass is 9.74. The molecule has 0 aliphatic heterocycles. The van der Waals surface area contributed by atoms with Crippen molar-refractivity contribution in [3.8, 4) is 0 Å². The van der Waals surface area contributed by atoms with Crippen LogP contribution in [0.2, 0.25) is 0 Å². The maximum atomic E-state index is 5.81. The van der Waals surface area contributed by atoms with Crippen molar-refractivity contribution in [1.82, 2.24) is 0 Å². The molecule has 0 saturated heterocycles. The van der Waals surface area contributed by atoms with E-state index in [-0.39, 0.29) is 0 Å². The molecular formula is C13H20N2. The molecule has 0 radical (unpaired) electrons. The van der Waals surface area contributed by atoms with E-state index in [1.54, 1.807) is 0 Å². The van der Waals surface area contributed by atoms with Gasteiger partial charge in [-0.25, -0.2) is 0 Å². The van der Waals surface area contributed by atoms with Crippen molar-refractivity contribution in [3.63, 3.8) is 0 Å². The number of aryl methyl sites for hydroxylation is 1. The number of nitrogen functional groups attached to an aromatic ring is 1. The summed E-state index contributed by atoms with van der Waals surface area (Å²) in [4.78, 5) is 0. The summed E-state index contributed by atoms with van der Waals surface area (Å²) in [6, 6.07) is 6.09. The third kappa shape index (κ3) is 1.94. The molecule has 1 aromatic rings. The Hall–Kier alpha value is -1.18. The van der Waals surface area contributed by atoms with Gasteiger partial charge < -0.3 is 11.1 Å². The van der Waals surface area contributed by atoms with Gasteiger partial charge in [0.05, 0.1) is 0 Å². The topological polar surface area (TPSA) is 38.0 Å². The highest BCUT2D eigenvalue weighted by Gasteiger charge is 2.34. The SMILES string of the molecule is CCC1(Nc2cc(N)ccc2C)CCC1. The first-order chi connectivity index (χ1) is 7.15. The number of anilines is 2. The Kier molecular flexibility index (Phi) is 2.59. The van der Waals surface area contributed by atoms with Crippen LogP contribution >= 0.6 is 0 Å². The van der Waals surface area contributed by atoms with E-state index in [1.807, 2.05) is 12.1 Å². The highest BCUT2D eigenvalue weighted by atomic mass is 15.0. The first kappa shape index (κ1) is 10.3. The van der Waals surface area contributed by atoms with E-state index < -0.39 is 0 Å². The molecule has 82 valence electrons. The zero-order valence-electron chi connectivity index (χ0n) is 9.64. The van der Waals surface area contributed by atoms with Gasteiger partial charge in [-0.1, -0.05) is 13.0 Å². The molecule has 2 nitrogen and oxygen atoms in total. The molecule has 0 heterocycles. The molecular weight excluding hydrogens is 184 g/mol. The smallest absolute Gasteiger partial charge is 0.0394 e. The summed E-state index contributed by atoms with van der Waals surface area (Å²) in [6.45, 7) is 4.39. The van der Waals surface area contributed by atoms with Gasteiger partial charge in [-0.05, 0) is 50.3 Å². The van der Waals surface area contributed by atoms with Crippen molar-refractivity contribution in [2.24, 2.45) is 0 Å². The average Bonchev–Trinajstić information content (AvgIpc) is 2.17. The van der Waals surface area contributed by atoms with E-state index in [1.165, 1.54) is 36.9 Å².